The number of hydrogen-bond acceptors (Lipinski definition) is 4. The second-order valence-corrected chi connectivity index (χ2v) is 5.77. The van der Waals surface area contributed by atoms with Crippen molar-refractivity contribution in [3.8, 4) is 0 Å². The van der Waals surface area contributed by atoms with E-state index in [4.69, 9.17) is 5.11 Å². The molecule has 1 aromatic rings. The van der Waals surface area contributed by atoms with Crippen LogP contribution in [0.25, 0.3) is 0 Å². The predicted molar refractivity (Wildman–Crippen MR) is 78.2 cm³/mol. The van der Waals surface area contributed by atoms with Gasteiger partial charge in [0.15, 0.2) is 0 Å². The molecule has 1 saturated carbocycles. The van der Waals surface area contributed by atoms with Gasteiger partial charge in [-0.3, -0.25) is 14.9 Å². The molecule has 7 heteroatoms. The topological polar surface area (TPSA) is 92.5 Å². The van der Waals surface area contributed by atoms with Crippen molar-refractivity contribution in [3.05, 3.63) is 31.9 Å². The van der Waals surface area contributed by atoms with E-state index in [0.29, 0.717) is 5.92 Å². The first-order chi connectivity index (χ1) is 8.97. The zero-order valence-electron chi connectivity index (χ0n) is 10.0. The van der Waals surface area contributed by atoms with E-state index in [1.807, 2.05) is 22.6 Å². The van der Waals surface area contributed by atoms with Gasteiger partial charge in [-0.15, -0.1) is 0 Å². The highest BCUT2D eigenvalue weighted by atomic mass is 127. The molecular formula is C12H13IN2O4. The van der Waals surface area contributed by atoms with Gasteiger partial charge in [-0.2, -0.15) is 0 Å². The Morgan fingerprint density at radius 1 is 1.58 bits per heavy atom. The van der Waals surface area contributed by atoms with E-state index in [9.17, 15) is 14.9 Å². The molecule has 1 fully saturated rings. The van der Waals surface area contributed by atoms with Crippen LogP contribution >= 0.6 is 22.6 Å². The molecule has 6 nitrogen and oxygen atoms in total. The van der Waals surface area contributed by atoms with Crippen LogP contribution in [0, 0.1) is 19.6 Å². The molecule has 0 aromatic heterocycles. The lowest BCUT2D eigenvalue weighted by atomic mass is 10.1. The van der Waals surface area contributed by atoms with Crippen LogP contribution in [0.15, 0.2) is 18.2 Å². The van der Waals surface area contributed by atoms with Crippen LogP contribution in [-0.4, -0.2) is 22.0 Å². The second kappa shape index (κ2) is 5.72. The Bertz CT molecular complexity index is 516. The predicted octanol–water partition coefficient (Wildman–Crippen LogP) is 2.86. The molecule has 0 amide bonds. The van der Waals surface area contributed by atoms with Gasteiger partial charge in [0.25, 0.3) is 5.69 Å². The molecule has 0 heterocycles. The zero-order valence-corrected chi connectivity index (χ0v) is 12.2. The molecule has 19 heavy (non-hydrogen) atoms. The summed E-state index contributed by atoms with van der Waals surface area (Å²) < 4.78 is 0.725. The number of benzene rings is 1. The van der Waals surface area contributed by atoms with Gasteiger partial charge in [0, 0.05) is 27.4 Å². The van der Waals surface area contributed by atoms with E-state index >= 15 is 0 Å². The first kappa shape index (κ1) is 14.0. The first-order valence-electron chi connectivity index (χ1n) is 5.89. The highest BCUT2D eigenvalue weighted by molar-refractivity contribution is 14.1. The third-order valence-electron chi connectivity index (χ3n) is 3.09. The Kier molecular flexibility index (Phi) is 4.23. The fraction of sp³-hybridized carbons (Fsp3) is 0.417. The molecule has 0 radical (unpaired) electrons. The summed E-state index contributed by atoms with van der Waals surface area (Å²) in [5.41, 5.74) is 0.792. The molecular weight excluding hydrogens is 363 g/mol. The van der Waals surface area contributed by atoms with Crippen molar-refractivity contribution >= 4 is 39.9 Å². The van der Waals surface area contributed by atoms with Crippen molar-refractivity contribution < 1.29 is 14.8 Å². The second-order valence-electron chi connectivity index (χ2n) is 4.61. The molecule has 1 atom stereocenters. The summed E-state index contributed by atoms with van der Waals surface area (Å²) in [7, 11) is 0. The van der Waals surface area contributed by atoms with E-state index in [1.165, 1.54) is 12.1 Å². The summed E-state index contributed by atoms with van der Waals surface area (Å²) in [6, 6.07) is 4.44. The van der Waals surface area contributed by atoms with Crippen molar-refractivity contribution in [3.63, 3.8) is 0 Å². The van der Waals surface area contributed by atoms with Gasteiger partial charge >= 0.3 is 5.97 Å². The van der Waals surface area contributed by atoms with E-state index in [2.05, 4.69) is 5.32 Å². The van der Waals surface area contributed by atoms with E-state index in [0.717, 1.165) is 22.1 Å². The maximum atomic E-state index is 10.8. The number of nitro benzene ring substituents is 1. The number of aliphatic carboxylic acids is 1. The molecule has 0 aliphatic heterocycles. The van der Waals surface area contributed by atoms with Gasteiger partial charge in [-0.25, -0.2) is 0 Å². The third kappa shape index (κ3) is 3.79. The Morgan fingerprint density at radius 2 is 2.26 bits per heavy atom. The summed E-state index contributed by atoms with van der Waals surface area (Å²) in [5.74, 6) is -0.441. The molecule has 0 bridgehead atoms. The van der Waals surface area contributed by atoms with Gasteiger partial charge < -0.3 is 10.4 Å². The monoisotopic (exact) mass is 376 g/mol. The number of nitro groups is 1. The lowest BCUT2D eigenvalue weighted by Crippen LogP contribution is -2.25. The van der Waals surface area contributed by atoms with Crippen LogP contribution < -0.4 is 5.32 Å². The van der Waals surface area contributed by atoms with Gasteiger partial charge in [0.1, 0.15) is 0 Å². The van der Waals surface area contributed by atoms with E-state index in [1.54, 1.807) is 6.07 Å². The van der Waals surface area contributed by atoms with Crippen LogP contribution in [0.2, 0.25) is 0 Å². The molecule has 0 spiro atoms. The number of carbonyl (C=O) groups is 1. The Labute approximate surface area is 123 Å². The minimum atomic E-state index is -0.832. The maximum Gasteiger partial charge on any atom is 0.305 e. The van der Waals surface area contributed by atoms with Crippen LogP contribution in [0.3, 0.4) is 0 Å². The lowest BCUT2D eigenvalue weighted by Gasteiger charge is -2.18. The number of rotatable bonds is 6. The Balaban J connectivity index is 2.12. The van der Waals surface area contributed by atoms with Crippen molar-refractivity contribution in [2.24, 2.45) is 5.92 Å². The normalized spacial score (nSPS) is 15.8. The van der Waals surface area contributed by atoms with Crippen molar-refractivity contribution in [1.29, 1.82) is 0 Å². The van der Waals surface area contributed by atoms with Gasteiger partial charge in [-0.1, -0.05) is 0 Å². The minimum Gasteiger partial charge on any atom is -0.481 e. The molecule has 1 unspecified atom stereocenters. The summed E-state index contributed by atoms with van der Waals surface area (Å²) in [6.45, 7) is 0. The smallest absolute Gasteiger partial charge is 0.305 e. The highest BCUT2D eigenvalue weighted by Crippen LogP contribution is 2.36. The van der Waals surface area contributed by atoms with E-state index in [-0.39, 0.29) is 18.2 Å². The summed E-state index contributed by atoms with van der Waals surface area (Å²) in [5, 5.41) is 22.7. The maximum absolute atomic E-state index is 10.8. The highest BCUT2D eigenvalue weighted by Gasteiger charge is 2.33. The zero-order chi connectivity index (χ0) is 14.0. The van der Waals surface area contributed by atoms with Crippen LogP contribution in [0.5, 0.6) is 0 Å². The molecule has 1 aliphatic carbocycles. The average Bonchev–Trinajstić information content (AvgIpc) is 3.13. The molecule has 1 aliphatic rings. The number of halogens is 1. The van der Waals surface area contributed by atoms with Crippen molar-refractivity contribution in [2.45, 2.75) is 25.3 Å². The summed E-state index contributed by atoms with van der Waals surface area (Å²) in [4.78, 5) is 21.0. The van der Waals surface area contributed by atoms with E-state index < -0.39 is 10.9 Å². The van der Waals surface area contributed by atoms with Gasteiger partial charge in [0.05, 0.1) is 11.3 Å². The third-order valence-corrected chi connectivity index (χ3v) is 3.98. The summed E-state index contributed by atoms with van der Waals surface area (Å²) >= 11 is 2.02. The molecule has 2 rings (SSSR count). The van der Waals surface area contributed by atoms with Crippen molar-refractivity contribution in [1.82, 2.24) is 0 Å². The molecule has 2 N–H and O–H groups in total. The number of anilines is 1. The number of carboxylic acid groups (broad SMARTS) is 1. The number of nitrogens with zero attached hydrogens (tertiary/aromatic N) is 1. The molecule has 102 valence electrons. The van der Waals surface area contributed by atoms with Crippen molar-refractivity contribution in [2.75, 3.05) is 5.32 Å². The lowest BCUT2D eigenvalue weighted by molar-refractivity contribution is -0.384. The van der Waals surface area contributed by atoms with Gasteiger partial charge in [-0.05, 0) is 47.4 Å². The molecule has 1 aromatic carbocycles. The fourth-order valence-electron chi connectivity index (χ4n) is 1.96. The number of non-ortho nitro benzene ring substituents is 1. The molecule has 0 saturated heterocycles. The standard InChI is InChI=1S/C12H13IN2O4/c13-9-5-8(15(18)19)3-4-10(9)14-11(6-12(16)17)7-1-2-7/h3-5,7,11,14H,1-2,6H2,(H,16,17). The van der Waals surface area contributed by atoms with Crippen LogP contribution in [-0.2, 0) is 4.79 Å². The number of nitrogens with one attached hydrogen (secondary N) is 1. The Hall–Kier alpha value is -1.38. The average molecular weight is 376 g/mol. The van der Waals surface area contributed by atoms with Crippen LogP contribution in [0.4, 0.5) is 11.4 Å². The summed E-state index contributed by atoms with van der Waals surface area (Å²) in [6.07, 6.45) is 2.14. The fourth-order valence-corrected chi connectivity index (χ4v) is 2.61. The largest absolute Gasteiger partial charge is 0.481 e. The quantitative estimate of drug-likeness (QED) is 0.453. The van der Waals surface area contributed by atoms with Gasteiger partial charge in [0.2, 0.25) is 0 Å². The van der Waals surface area contributed by atoms with Crippen LogP contribution in [0.1, 0.15) is 19.3 Å². The Morgan fingerprint density at radius 3 is 2.74 bits per heavy atom. The number of carboxylic acids is 1. The number of hydrogen-bond donors (Lipinski definition) is 2. The minimum absolute atomic E-state index is 0.0381. The SMILES string of the molecule is O=C(O)CC(Nc1ccc([N+](=O)[O-])cc1I)C1CC1. The first-order valence-corrected chi connectivity index (χ1v) is 6.97.